The minimum Gasteiger partial charge on any atom is -0.280 e. The number of benzene rings is 2. The standard InChI is InChI=1S/C17H18BrN3O3S/c1-2-3-12-19-20-17(22)13-4-8-15(9-5-13)21-25(23,24)16-10-6-14(18)7-11-16/h4-12,21H,2-3H2,1H3,(H,20,22). The minimum absolute atomic E-state index is 0.155. The molecule has 2 N–H and O–H groups in total. The highest BCUT2D eigenvalue weighted by atomic mass is 79.9. The molecule has 0 bridgehead atoms. The lowest BCUT2D eigenvalue weighted by molar-refractivity contribution is 0.0955. The number of hydrogen-bond donors (Lipinski definition) is 2. The van der Waals surface area contributed by atoms with E-state index >= 15 is 0 Å². The Kier molecular flexibility index (Phi) is 6.72. The maximum absolute atomic E-state index is 12.3. The number of carbonyl (C=O) groups excluding carboxylic acids is 1. The van der Waals surface area contributed by atoms with Gasteiger partial charge in [-0.1, -0.05) is 29.3 Å². The molecule has 0 spiro atoms. The number of unbranched alkanes of at least 4 members (excludes halogenated alkanes) is 1. The maximum Gasteiger partial charge on any atom is 0.271 e. The molecule has 0 aliphatic heterocycles. The summed E-state index contributed by atoms with van der Waals surface area (Å²) in [5.74, 6) is -0.352. The van der Waals surface area contributed by atoms with E-state index in [-0.39, 0.29) is 10.8 Å². The molecule has 8 heteroatoms. The molecule has 25 heavy (non-hydrogen) atoms. The van der Waals surface area contributed by atoms with Crippen molar-refractivity contribution in [2.24, 2.45) is 5.10 Å². The van der Waals surface area contributed by atoms with E-state index in [4.69, 9.17) is 0 Å². The Bertz CT molecular complexity index is 848. The fourth-order valence-electron chi connectivity index (χ4n) is 1.88. The Morgan fingerprint density at radius 1 is 1.12 bits per heavy atom. The summed E-state index contributed by atoms with van der Waals surface area (Å²) >= 11 is 3.26. The van der Waals surface area contributed by atoms with Gasteiger partial charge in [0.15, 0.2) is 0 Å². The average molecular weight is 424 g/mol. The zero-order valence-electron chi connectivity index (χ0n) is 13.6. The zero-order chi connectivity index (χ0) is 18.3. The Morgan fingerprint density at radius 2 is 1.76 bits per heavy atom. The predicted molar refractivity (Wildman–Crippen MR) is 102 cm³/mol. The number of hydrazone groups is 1. The zero-order valence-corrected chi connectivity index (χ0v) is 16.0. The normalized spacial score (nSPS) is 11.4. The number of amides is 1. The molecule has 2 rings (SSSR count). The van der Waals surface area contributed by atoms with Crippen molar-refractivity contribution < 1.29 is 13.2 Å². The van der Waals surface area contributed by atoms with Crippen LogP contribution in [0.25, 0.3) is 0 Å². The van der Waals surface area contributed by atoms with Crippen LogP contribution < -0.4 is 10.1 Å². The summed E-state index contributed by atoms with van der Waals surface area (Å²) in [7, 11) is -3.68. The number of nitrogens with one attached hydrogen (secondary N) is 2. The molecule has 2 aromatic carbocycles. The van der Waals surface area contributed by atoms with E-state index in [1.54, 1.807) is 18.3 Å². The van der Waals surface area contributed by atoms with Gasteiger partial charge in [0.05, 0.1) is 4.90 Å². The number of rotatable bonds is 7. The highest BCUT2D eigenvalue weighted by molar-refractivity contribution is 9.10. The molecule has 132 valence electrons. The molecule has 0 aliphatic rings. The van der Waals surface area contributed by atoms with Crippen LogP contribution in [0.2, 0.25) is 0 Å². The second-order valence-electron chi connectivity index (χ2n) is 5.18. The Morgan fingerprint density at radius 3 is 2.36 bits per heavy atom. The molecule has 2 aromatic rings. The van der Waals surface area contributed by atoms with Crippen molar-refractivity contribution in [3.05, 3.63) is 58.6 Å². The second-order valence-corrected chi connectivity index (χ2v) is 7.78. The summed E-state index contributed by atoms with van der Waals surface area (Å²) in [5.41, 5.74) is 3.18. The van der Waals surface area contributed by atoms with Crippen LogP contribution in [-0.4, -0.2) is 20.5 Å². The number of nitrogens with zero attached hydrogens (tertiary/aromatic N) is 1. The van der Waals surface area contributed by atoms with E-state index in [2.05, 4.69) is 31.2 Å². The van der Waals surface area contributed by atoms with Gasteiger partial charge in [-0.25, -0.2) is 13.8 Å². The molecule has 0 radical (unpaired) electrons. The third-order valence-electron chi connectivity index (χ3n) is 3.20. The summed E-state index contributed by atoms with van der Waals surface area (Å²) < 4.78 is 27.9. The Hall–Kier alpha value is -2.19. The molecular weight excluding hydrogens is 406 g/mol. The largest absolute Gasteiger partial charge is 0.280 e. The van der Waals surface area contributed by atoms with Crippen molar-refractivity contribution in [3.8, 4) is 0 Å². The van der Waals surface area contributed by atoms with Gasteiger partial charge in [0.25, 0.3) is 15.9 Å². The van der Waals surface area contributed by atoms with E-state index in [9.17, 15) is 13.2 Å². The van der Waals surface area contributed by atoms with Crippen LogP contribution in [0.4, 0.5) is 5.69 Å². The summed E-state index contributed by atoms with van der Waals surface area (Å²) in [6.07, 6.45) is 3.38. The Balaban J connectivity index is 2.04. The second kappa shape index (κ2) is 8.77. The molecular formula is C17H18BrN3O3S. The lowest BCUT2D eigenvalue weighted by Crippen LogP contribution is -2.17. The van der Waals surface area contributed by atoms with E-state index in [1.807, 2.05) is 6.92 Å². The molecule has 0 unspecified atom stereocenters. The molecule has 0 aromatic heterocycles. The van der Waals surface area contributed by atoms with Gasteiger partial charge >= 0.3 is 0 Å². The molecule has 0 atom stereocenters. The number of hydrogen-bond acceptors (Lipinski definition) is 4. The third kappa shape index (κ3) is 5.68. The molecule has 1 amide bonds. The van der Waals surface area contributed by atoms with E-state index in [0.717, 1.165) is 17.3 Å². The van der Waals surface area contributed by atoms with Gasteiger partial charge in [0, 0.05) is 21.9 Å². The minimum atomic E-state index is -3.68. The van der Waals surface area contributed by atoms with Gasteiger partial charge in [-0.3, -0.25) is 9.52 Å². The first-order valence-electron chi connectivity index (χ1n) is 7.62. The highest BCUT2D eigenvalue weighted by Crippen LogP contribution is 2.19. The summed E-state index contributed by atoms with van der Waals surface area (Å²) in [6.45, 7) is 2.02. The SMILES string of the molecule is CCCC=NNC(=O)c1ccc(NS(=O)(=O)c2ccc(Br)cc2)cc1. The van der Waals surface area contributed by atoms with Crippen molar-refractivity contribution >= 4 is 43.8 Å². The number of sulfonamides is 1. The molecule has 6 nitrogen and oxygen atoms in total. The van der Waals surface area contributed by atoms with Gasteiger partial charge < -0.3 is 0 Å². The average Bonchev–Trinajstić information content (AvgIpc) is 2.59. The lowest BCUT2D eigenvalue weighted by Gasteiger charge is -2.08. The van der Waals surface area contributed by atoms with Crippen LogP contribution in [-0.2, 0) is 10.0 Å². The van der Waals surface area contributed by atoms with Crippen LogP contribution >= 0.6 is 15.9 Å². The van der Waals surface area contributed by atoms with Crippen LogP contribution in [0.3, 0.4) is 0 Å². The molecule has 0 fully saturated rings. The highest BCUT2D eigenvalue weighted by Gasteiger charge is 2.14. The van der Waals surface area contributed by atoms with E-state index in [1.165, 1.54) is 36.4 Å². The van der Waals surface area contributed by atoms with Crippen molar-refractivity contribution in [1.82, 2.24) is 5.43 Å². The monoisotopic (exact) mass is 423 g/mol. The van der Waals surface area contributed by atoms with Crippen molar-refractivity contribution in [2.75, 3.05) is 4.72 Å². The maximum atomic E-state index is 12.3. The van der Waals surface area contributed by atoms with Gasteiger partial charge in [0.1, 0.15) is 0 Å². The smallest absolute Gasteiger partial charge is 0.271 e. The molecule has 0 heterocycles. The Labute approximate surface area is 155 Å². The predicted octanol–water partition coefficient (Wildman–Crippen LogP) is 3.77. The number of carbonyl (C=O) groups is 1. The first-order chi connectivity index (χ1) is 11.9. The van der Waals surface area contributed by atoms with Crippen LogP contribution in [0.1, 0.15) is 30.1 Å². The first-order valence-corrected chi connectivity index (χ1v) is 9.90. The van der Waals surface area contributed by atoms with E-state index in [0.29, 0.717) is 11.3 Å². The van der Waals surface area contributed by atoms with Gasteiger partial charge in [-0.15, -0.1) is 0 Å². The van der Waals surface area contributed by atoms with Crippen LogP contribution in [0.5, 0.6) is 0 Å². The molecule has 0 saturated heterocycles. The quantitative estimate of drug-likeness (QED) is 0.524. The molecule has 0 aliphatic carbocycles. The van der Waals surface area contributed by atoms with Crippen molar-refractivity contribution in [3.63, 3.8) is 0 Å². The summed E-state index contributed by atoms with van der Waals surface area (Å²) in [6, 6.07) is 12.4. The topological polar surface area (TPSA) is 87.6 Å². The van der Waals surface area contributed by atoms with Crippen LogP contribution in [0.15, 0.2) is 63.0 Å². The fourth-order valence-corrected chi connectivity index (χ4v) is 3.20. The lowest BCUT2D eigenvalue weighted by atomic mass is 10.2. The van der Waals surface area contributed by atoms with Gasteiger partial charge in [0.2, 0.25) is 0 Å². The van der Waals surface area contributed by atoms with Crippen molar-refractivity contribution in [1.29, 1.82) is 0 Å². The van der Waals surface area contributed by atoms with Crippen molar-refractivity contribution in [2.45, 2.75) is 24.7 Å². The number of halogens is 1. The fraction of sp³-hybridized carbons (Fsp3) is 0.176. The molecule has 0 saturated carbocycles. The summed E-state index contributed by atoms with van der Waals surface area (Å²) in [4.78, 5) is 12.0. The third-order valence-corrected chi connectivity index (χ3v) is 5.12. The van der Waals surface area contributed by atoms with Gasteiger partial charge in [-0.2, -0.15) is 5.10 Å². The van der Waals surface area contributed by atoms with E-state index < -0.39 is 10.0 Å². The first kappa shape index (κ1) is 19.1. The summed E-state index contributed by atoms with van der Waals surface area (Å²) in [5, 5.41) is 3.83. The van der Waals surface area contributed by atoms with Gasteiger partial charge in [-0.05, 0) is 55.0 Å². The number of anilines is 1. The van der Waals surface area contributed by atoms with Crippen LogP contribution in [0, 0.1) is 0 Å².